The summed E-state index contributed by atoms with van der Waals surface area (Å²) in [5.74, 6) is 0. The average molecular weight is 71.2 g/mol. The monoisotopic (exact) mass is 71.0 g/mol. The molecule has 0 amide bonds. The molecule has 0 fully saturated rings. The zero-order valence-electron chi connectivity index (χ0n) is 3.08. The molecule has 0 saturated heterocycles. The molecule has 0 aliphatic carbocycles. The van der Waals surface area contributed by atoms with Crippen LogP contribution in [0.5, 0.6) is 0 Å². The molecule has 4 heavy (non-hydrogen) atoms. The minimum atomic E-state index is 1.04. The van der Waals surface area contributed by atoms with Crippen LogP contribution in [0.15, 0.2) is 5.20 Å². The molecule has 1 heteroatoms. The second-order valence-electron chi connectivity index (χ2n) is 1.08. The van der Waals surface area contributed by atoms with E-state index in [0.717, 1.165) is 15.4 Å². The maximum atomic E-state index is 5.09. The Hall–Kier alpha value is -0.133. The molecule has 0 heterocycles. The molecule has 0 aromatic carbocycles. The minimum absolute atomic E-state index is 1.04. The fraction of sp³-hybridized carbons (Fsp3) is 0.333. The Morgan fingerprint density at radius 3 is 2.00 bits per heavy atom. The second kappa shape index (κ2) is 1.22. The first-order valence-electron chi connectivity index (χ1n) is 1.29. The van der Waals surface area contributed by atoms with Crippen LogP contribution in [0.4, 0.5) is 0 Å². The molecule has 0 radical (unpaired) electrons. The van der Waals surface area contributed by atoms with E-state index in [4.69, 9.17) is 6.58 Å². The van der Waals surface area contributed by atoms with Crippen LogP contribution >= 0.6 is 0 Å². The number of hydrogen-bond donors (Lipinski definition) is 0. The molecule has 0 spiro atoms. The van der Waals surface area contributed by atoms with Gasteiger partial charge in [0.1, 0.15) is 15.4 Å². The van der Waals surface area contributed by atoms with Gasteiger partial charge in [0.2, 0.25) is 0 Å². The molecule has 0 saturated carbocycles. The third kappa shape index (κ3) is 79.2. The van der Waals surface area contributed by atoms with E-state index >= 15 is 0 Å². The van der Waals surface area contributed by atoms with Gasteiger partial charge in [-0.1, -0.05) is 0 Å². The molecule has 22 valence electrons. The van der Waals surface area contributed by atoms with Gasteiger partial charge >= 0.3 is 0 Å². The van der Waals surface area contributed by atoms with Crippen LogP contribution in [-0.4, -0.2) is 10.2 Å². The lowest BCUT2D eigenvalue weighted by atomic mass is 10.8. The van der Waals surface area contributed by atoms with Crippen LogP contribution in [0, 0.1) is 6.58 Å². The molecule has 0 aliphatic heterocycles. The summed E-state index contributed by atoms with van der Waals surface area (Å²) in [4.78, 5) is 0. The molecule has 0 unspecified atom stereocenters. The van der Waals surface area contributed by atoms with Gasteiger partial charge in [-0.3, -0.25) is 0 Å². The quantitative estimate of drug-likeness (QED) is 0.271. The Morgan fingerprint density at radius 2 is 2.00 bits per heavy atom. The van der Waals surface area contributed by atoms with Gasteiger partial charge in [0, 0.05) is 0 Å². The van der Waals surface area contributed by atoms with Gasteiger partial charge in [0.25, 0.3) is 0 Å². The van der Waals surface area contributed by atoms with E-state index in [1.807, 2.05) is 6.92 Å². The maximum Gasteiger partial charge on any atom is 0.197 e. The fourth-order valence-electron chi connectivity index (χ4n) is 0. The lowest BCUT2D eigenvalue weighted by Crippen LogP contribution is -1.57. The van der Waals surface area contributed by atoms with Crippen LogP contribution in [0.1, 0.15) is 6.92 Å². The Balaban J connectivity index is 2.80. The van der Waals surface area contributed by atoms with E-state index < -0.39 is 0 Å². The fourth-order valence-corrected chi connectivity index (χ4v) is 0. The summed E-state index contributed by atoms with van der Waals surface area (Å²) in [6, 6.07) is 0. The van der Waals surface area contributed by atoms with Gasteiger partial charge in [-0.2, -0.15) is 0 Å². The van der Waals surface area contributed by atoms with Crippen molar-refractivity contribution in [1.82, 2.24) is 0 Å². The van der Waals surface area contributed by atoms with Crippen molar-refractivity contribution in [1.29, 1.82) is 0 Å². The Morgan fingerprint density at radius 1 is 2.00 bits per heavy atom. The summed E-state index contributed by atoms with van der Waals surface area (Å²) in [7, 11) is 1.04. The maximum absolute atomic E-state index is 5.09. The van der Waals surface area contributed by atoms with Crippen LogP contribution in [0.25, 0.3) is 0 Å². The van der Waals surface area contributed by atoms with Gasteiger partial charge in [-0.05, 0) is 6.92 Å². The second-order valence-corrected chi connectivity index (χ2v) is 2.65. The first-order valence-corrected chi connectivity index (χ1v) is 2.29. The summed E-state index contributed by atoms with van der Waals surface area (Å²) in [6.07, 6.45) is 0. The van der Waals surface area contributed by atoms with Gasteiger partial charge in [-0.25, -0.2) is 0 Å². The number of allylic oxidation sites excluding steroid dienone is 1. The van der Waals surface area contributed by atoms with Crippen LogP contribution < -0.4 is 0 Å². The lowest BCUT2D eigenvalue weighted by Gasteiger charge is -1.48. The topological polar surface area (TPSA) is 0 Å². The third-order valence-corrected chi connectivity index (χ3v) is 0. The molecule has 0 aliphatic rings. The lowest BCUT2D eigenvalue weighted by molar-refractivity contribution is 1.70. The summed E-state index contributed by atoms with van der Waals surface area (Å²) in [5, 5.41) is 1.06. The van der Waals surface area contributed by atoms with Gasteiger partial charge in [0.05, 0.1) is 0 Å². The smallest absolute Gasteiger partial charge is 0.0000661 e. The molecule has 0 bridgehead atoms. The number of hydrogen-bond acceptors (Lipinski definition) is 0. The molecule has 0 rings (SSSR count). The zero-order valence-corrected chi connectivity index (χ0v) is 5.08. The highest BCUT2D eigenvalue weighted by Gasteiger charge is 1.69. The Labute approximate surface area is 30.0 Å². The zero-order chi connectivity index (χ0) is 3.58. The van der Waals surface area contributed by atoms with Gasteiger partial charge < -0.3 is 0 Å². The first kappa shape index (κ1) is 3.87. The minimum Gasteiger partial charge on any atom is -0.0000661 e. The van der Waals surface area contributed by atoms with Crippen molar-refractivity contribution in [2.45, 2.75) is 6.92 Å². The van der Waals surface area contributed by atoms with E-state index in [9.17, 15) is 0 Å². The van der Waals surface area contributed by atoms with E-state index in [1.54, 1.807) is 0 Å². The SMILES string of the molecule is [CH+]=C(C)[SiH3]. The van der Waals surface area contributed by atoms with Gasteiger partial charge in [0.15, 0.2) is 6.58 Å². The highest BCUT2D eigenvalue weighted by atomic mass is 28.1. The van der Waals surface area contributed by atoms with Gasteiger partial charge in [-0.15, -0.1) is 0 Å². The first-order chi connectivity index (χ1) is 1.73. The largest absolute Gasteiger partial charge is 0.197 e. The van der Waals surface area contributed by atoms with E-state index in [2.05, 4.69) is 0 Å². The molecule has 0 atom stereocenters. The predicted octanol–water partition coefficient (Wildman–Crippen LogP) is -0.311. The summed E-state index contributed by atoms with van der Waals surface area (Å²) in [5.41, 5.74) is 0. The van der Waals surface area contributed by atoms with Crippen molar-refractivity contribution in [3.05, 3.63) is 11.8 Å². The van der Waals surface area contributed by atoms with E-state index in [1.165, 1.54) is 0 Å². The van der Waals surface area contributed by atoms with Crippen molar-refractivity contribution >= 4 is 10.2 Å². The predicted molar refractivity (Wildman–Crippen MR) is 23.4 cm³/mol. The van der Waals surface area contributed by atoms with Crippen molar-refractivity contribution in [2.75, 3.05) is 0 Å². The van der Waals surface area contributed by atoms with E-state index in [0.29, 0.717) is 0 Å². The highest BCUT2D eigenvalue weighted by Crippen LogP contribution is 1.64. The third-order valence-electron chi connectivity index (χ3n) is 0. The summed E-state index contributed by atoms with van der Waals surface area (Å²) in [6.45, 7) is 7.01. The van der Waals surface area contributed by atoms with E-state index in [-0.39, 0.29) is 0 Å². The average Bonchev–Trinajstić information content (AvgIpc) is 0.811. The molecular formula is C3H7Si+. The standard InChI is InChI=1S/C3H7Si/c1-3(2)4/h1H,2,4H3/q+1. The molecular weight excluding hydrogens is 64.1 g/mol. The van der Waals surface area contributed by atoms with Crippen LogP contribution in [0.2, 0.25) is 0 Å². The van der Waals surface area contributed by atoms with Crippen molar-refractivity contribution in [3.8, 4) is 0 Å². The molecule has 0 aromatic rings. The molecule has 0 aromatic heterocycles. The number of rotatable bonds is 0. The van der Waals surface area contributed by atoms with Crippen molar-refractivity contribution in [3.63, 3.8) is 0 Å². The van der Waals surface area contributed by atoms with Crippen molar-refractivity contribution < 1.29 is 0 Å². The van der Waals surface area contributed by atoms with Crippen molar-refractivity contribution in [2.24, 2.45) is 0 Å². The normalized spacial score (nSPS) is 7.00. The molecule has 0 N–H and O–H groups in total. The van der Waals surface area contributed by atoms with Crippen LogP contribution in [-0.2, 0) is 0 Å². The van der Waals surface area contributed by atoms with Crippen LogP contribution in [0.3, 0.4) is 0 Å². The summed E-state index contributed by atoms with van der Waals surface area (Å²) >= 11 is 0. The Bertz CT molecular complexity index is 26.3. The summed E-state index contributed by atoms with van der Waals surface area (Å²) < 4.78 is 0. The molecule has 0 nitrogen and oxygen atoms in total. The highest BCUT2D eigenvalue weighted by molar-refractivity contribution is 6.20. The Kier molecular flexibility index (Phi) is 1.18.